The van der Waals surface area contributed by atoms with E-state index in [4.69, 9.17) is 4.84 Å². The number of benzene rings is 1. The van der Waals surface area contributed by atoms with Crippen molar-refractivity contribution in [1.82, 2.24) is 15.3 Å². The lowest BCUT2D eigenvalue weighted by Crippen LogP contribution is -2.45. The number of carbonyl (C=O) groups excluding carboxylic acids is 1. The average Bonchev–Trinajstić information content (AvgIpc) is 3.02. The molecular weight excluding hydrogens is 324 g/mol. The predicted octanol–water partition coefficient (Wildman–Crippen LogP) is 2.99. The molecule has 0 unspecified atom stereocenters. The highest BCUT2D eigenvalue weighted by atomic mass is 16.7. The Kier molecular flexibility index (Phi) is 5.13. The van der Waals surface area contributed by atoms with Gasteiger partial charge >= 0.3 is 6.09 Å². The van der Waals surface area contributed by atoms with E-state index in [1.54, 1.807) is 30.3 Å². The molecule has 0 spiro atoms. The molecule has 0 bridgehead atoms. The van der Waals surface area contributed by atoms with Crippen molar-refractivity contribution in [3.8, 4) is 11.3 Å². The van der Waals surface area contributed by atoms with E-state index in [-0.39, 0.29) is 5.91 Å². The Morgan fingerprint density at radius 3 is 2.28 bits per heavy atom. The van der Waals surface area contributed by atoms with Crippen molar-refractivity contribution >= 4 is 17.7 Å². The van der Waals surface area contributed by atoms with E-state index in [2.05, 4.69) is 10.2 Å². The monoisotopic (exact) mass is 346 g/mol. The van der Waals surface area contributed by atoms with Crippen molar-refractivity contribution in [3.63, 3.8) is 0 Å². The molecule has 2 N–H and O–H groups in total. The van der Waals surface area contributed by atoms with Crippen molar-refractivity contribution in [3.05, 3.63) is 36.0 Å². The third kappa shape index (κ3) is 3.97. The van der Waals surface area contributed by atoms with Gasteiger partial charge in [0.2, 0.25) is 0 Å². The summed E-state index contributed by atoms with van der Waals surface area (Å²) < 4.78 is 0. The zero-order valence-corrected chi connectivity index (χ0v) is 14.9. The normalized spacial score (nSPS) is 11.2. The quantitative estimate of drug-likeness (QED) is 0.829. The Labute approximate surface area is 146 Å². The van der Waals surface area contributed by atoms with Crippen LogP contribution in [0.1, 0.15) is 31.3 Å². The molecule has 0 atom stereocenters. The molecule has 0 fully saturated rings. The van der Waals surface area contributed by atoms with Crippen LogP contribution >= 0.6 is 0 Å². The lowest BCUT2D eigenvalue weighted by atomic mass is 10.0. The Morgan fingerprint density at radius 2 is 1.80 bits per heavy atom. The molecule has 134 valence electrons. The minimum absolute atomic E-state index is 0.297. The number of aromatic amines is 1. The molecule has 2 amide bonds. The lowest BCUT2D eigenvalue weighted by Gasteiger charge is -2.33. The number of aromatic nitrogens is 2. The van der Waals surface area contributed by atoms with Crippen LogP contribution in [0.15, 0.2) is 30.3 Å². The summed E-state index contributed by atoms with van der Waals surface area (Å²) in [6.45, 7) is 5.48. The Morgan fingerprint density at radius 1 is 1.20 bits per heavy atom. The summed E-state index contributed by atoms with van der Waals surface area (Å²) in [5.41, 5.74) is 1.64. The third-order valence-electron chi connectivity index (χ3n) is 3.65. The van der Waals surface area contributed by atoms with Crippen LogP contribution in [0.25, 0.3) is 11.3 Å². The number of carboxylic acid groups (broad SMARTS) is 1. The van der Waals surface area contributed by atoms with E-state index in [9.17, 15) is 14.7 Å². The standard InChI is InChI=1S/C17H22N4O4/c1-17(2,3)21(16(23)24)12-8-6-11(7-9-12)13-10-14(19-18-13)15(22)20(4)25-5/h6-10H,1-5H3,(H,18,19)(H,23,24). The molecule has 0 aliphatic rings. The fourth-order valence-corrected chi connectivity index (χ4v) is 2.40. The van der Waals surface area contributed by atoms with Gasteiger partial charge in [-0.3, -0.25) is 19.6 Å². The number of anilines is 1. The van der Waals surface area contributed by atoms with Crippen LogP contribution in [-0.2, 0) is 4.84 Å². The number of hydrogen-bond donors (Lipinski definition) is 2. The van der Waals surface area contributed by atoms with Gasteiger partial charge in [-0.1, -0.05) is 12.1 Å². The van der Waals surface area contributed by atoms with Gasteiger partial charge in [0.15, 0.2) is 0 Å². The number of rotatable bonds is 4. The van der Waals surface area contributed by atoms with Crippen molar-refractivity contribution in [2.45, 2.75) is 26.3 Å². The SMILES string of the molecule is CON(C)C(=O)c1cc(-c2ccc(N(C(=O)O)C(C)(C)C)cc2)n[nH]1. The fourth-order valence-electron chi connectivity index (χ4n) is 2.40. The zero-order valence-electron chi connectivity index (χ0n) is 14.9. The van der Waals surface area contributed by atoms with E-state index in [0.717, 1.165) is 10.6 Å². The Bertz CT molecular complexity index is 762. The second-order valence-corrected chi connectivity index (χ2v) is 6.49. The van der Waals surface area contributed by atoms with Gasteiger partial charge < -0.3 is 5.11 Å². The second-order valence-electron chi connectivity index (χ2n) is 6.49. The first kappa shape index (κ1) is 18.5. The molecular formula is C17H22N4O4. The minimum atomic E-state index is -1.02. The number of nitrogens with one attached hydrogen (secondary N) is 1. The number of H-pyrrole nitrogens is 1. The van der Waals surface area contributed by atoms with Gasteiger partial charge in [0.05, 0.1) is 12.8 Å². The van der Waals surface area contributed by atoms with Gasteiger partial charge in [-0.15, -0.1) is 0 Å². The van der Waals surface area contributed by atoms with E-state index in [1.165, 1.54) is 19.1 Å². The minimum Gasteiger partial charge on any atom is -0.465 e. The molecule has 0 radical (unpaired) electrons. The van der Waals surface area contributed by atoms with E-state index in [0.29, 0.717) is 17.1 Å². The molecule has 1 heterocycles. The van der Waals surface area contributed by atoms with Crippen molar-refractivity contribution in [2.24, 2.45) is 0 Å². The van der Waals surface area contributed by atoms with E-state index in [1.807, 2.05) is 20.8 Å². The van der Waals surface area contributed by atoms with Crippen LogP contribution in [0.4, 0.5) is 10.5 Å². The molecule has 0 aliphatic heterocycles. The first-order valence-electron chi connectivity index (χ1n) is 7.66. The predicted molar refractivity (Wildman–Crippen MR) is 93.4 cm³/mol. The number of hydrogen-bond acceptors (Lipinski definition) is 4. The van der Waals surface area contributed by atoms with Gasteiger partial charge in [0, 0.05) is 23.8 Å². The molecule has 2 aromatic rings. The summed E-state index contributed by atoms with van der Waals surface area (Å²) >= 11 is 0. The smallest absolute Gasteiger partial charge is 0.412 e. The highest BCUT2D eigenvalue weighted by Gasteiger charge is 2.27. The van der Waals surface area contributed by atoms with Crippen molar-refractivity contribution in [2.75, 3.05) is 19.1 Å². The van der Waals surface area contributed by atoms with E-state index >= 15 is 0 Å². The Hall–Kier alpha value is -2.87. The lowest BCUT2D eigenvalue weighted by molar-refractivity contribution is -0.0760. The summed E-state index contributed by atoms with van der Waals surface area (Å²) in [4.78, 5) is 29.7. The summed E-state index contributed by atoms with van der Waals surface area (Å²) in [5.74, 6) is -0.345. The molecule has 8 nitrogen and oxygen atoms in total. The second kappa shape index (κ2) is 6.94. The third-order valence-corrected chi connectivity index (χ3v) is 3.65. The summed E-state index contributed by atoms with van der Waals surface area (Å²) in [6.07, 6.45) is -1.02. The molecule has 8 heteroatoms. The van der Waals surface area contributed by atoms with E-state index < -0.39 is 11.6 Å². The Balaban J connectivity index is 2.27. The maximum atomic E-state index is 12.0. The van der Waals surface area contributed by atoms with Crippen LogP contribution in [0.3, 0.4) is 0 Å². The summed E-state index contributed by atoms with van der Waals surface area (Å²) in [6, 6.07) is 8.58. The number of nitrogens with zero attached hydrogens (tertiary/aromatic N) is 3. The van der Waals surface area contributed by atoms with Crippen LogP contribution in [0.5, 0.6) is 0 Å². The van der Waals surface area contributed by atoms with Gasteiger partial charge in [0.25, 0.3) is 5.91 Å². The van der Waals surface area contributed by atoms with Crippen LogP contribution in [0, 0.1) is 0 Å². The number of carbonyl (C=O) groups is 2. The van der Waals surface area contributed by atoms with Gasteiger partial charge in [-0.2, -0.15) is 5.10 Å². The fraction of sp³-hybridized carbons (Fsp3) is 0.353. The maximum Gasteiger partial charge on any atom is 0.412 e. The van der Waals surface area contributed by atoms with Gasteiger partial charge in [0.1, 0.15) is 5.69 Å². The van der Waals surface area contributed by atoms with Crippen LogP contribution in [-0.4, -0.2) is 52.1 Å². The van der Waals surface area contributed by atoms with Crippen molar-refractivity contribution < 1.29 is 19.5 Å². The molecule has 0 aliphatic carbocycles. The first-order valence-corrected chi connectivity index (χ1v) is 7.66. The van der Waals surface area contributed by atoms with Crippen LogP contribution < -0.4 is 4.90 Å². The van der Waals surface area contributed by atoms with Gasteiger partial charge in [-0.25, -0.2) is 9.86 Å². The molecule has 0 saturated carbocycles. The average molecular weight is 346 g/mol. The van der Waals surface area contributed by atoms with Gasteiger partial charge in [-0.05, 0) is 39.0 Å². The highest BCUT2D eigenvalue weighted by Crippen LogP contribution is 2.27. The molecule has 1 aromatic carbocycles. The summed E-state index contributed by atoms with van der Waals surface area (Å²) in [7, 11) is 2.90. The molecule has 0 saturated heterocycles. The highest BCUT2D eigenvalue weighted by molar-refractivity contribution is 5.92. The van der Waals surface area contributed by atoms with Crippen LogP contribution in [0.2, 0.25) is 0 Å². The summed E-state index contributed by atoms with van der Waals surface area (Å²) in [5, 5.41) is 17.3. The maximum absolute atomic E-state index is 12.0. The molecule has 25 heavy (non-hydrogen) atoms. The number of amides is 2. The van der Waals surface area contributed by atoms with Crippen molar-refractivity contribution in [1.29, 1.82) is 0 Å². The molecule has 1 aromatic heterocycles. The first-order chi connectivity index (χ1) is 11.6. The topological polar surface area (TPSA) is 98.8 Å². The number of hydroxylamine groups is 2. The zero-order chi connectivity index (χ0) is 18.8. The molecule has 2 rings (SSSR count). The largest absolute Gasteiger partial charge is 0.465 e.